The first-order valence-corrected chi connectivity index (χ1v) is 8.88. The number of hydrogen-bond donors (Lipinski definition) is 1. The van der Waals surface area contributed by atoms with Crippen molar-refractivity contribution in [3.05, 3.63) is 60.0 Å². The minimum atomic E-state index is -0.421. The Morgan fingerprint density at radius 3 is 2.63 bits per heavy atom. The number of benzene rings is 2. The molecule has 1 atom stereocenters. The summed E-state index contributed by atoms with van der Waals surface area (Å²) in [6, 6.07) is 15.1. The van der Waals surface area contributed by atoms with Crippen molar-refractivity contribution < 1.29 is 18.7 Å². The van der Waals surface area contributed by atoms with Gasteiger partial charge in [-0.25, -0.2) is 4.98 Å². The molecule has 27 heavy (non-hydrogen) atoms. The van der Waals surface area contributed by atoms with Crippen LogP contribution in [0.15, 0.2) is 52.9 Å². The number of Topliss-reactive ketones (excluding diaryl/α,β-unsaturated/α-hetero) is 1. The number of oxazole rings is 1. The molecule has 3 rings (SSSR count). The van der Waals surface area contributed by atoms with Gasteiger partial charge in [0.25, 0.3) is 5.89 Å². The number of hydrogen-bond acceptors (Lipinski definition) is 5. The number of aromatic nitrogens is 1. The number of carbonyl (C=O) groups excluding carboxylic acids is 2. The zero-order valence-corrected chi connectivity index (χ0v) is 15.2. The number of ketones is 1. The molecule has 1 amide bonds. The highest BCUT2D eigenvalue weighted by molar-refractivity contribution is 5.96. The number of ether oxygens (including phenoxy) is 1. The summed E-state index contributed by atoms with van der Waals surface area (Å²) in [7, 11) is 1.56. The lowest BCUT2D eigenvalue weighted by molar-refractivity contribution is -0.118. The summed E-state index contributed by atoms with van der Waals surface area (Å²) in [6.07, 6.45) is 1.85. The fraction of sp³-hybridized carbons (Fsp3) is 0.286. The van der Waals surface area contributed by atoms with Crippen molar-refractivity contribution in [3.8, 4) is 5.75 Å². The van der Waals surface area contributed by atoms with Gasteiger partial charge in [-0.15, -0.1) is 0 Å². The first-order valence-electron chi connectivity index (χ1n) is 8.88. The Morgan fingerprint density at radius 1 is 1.15 bits per heavy atom. The monoisotopic (exact) mass is 366 g/mol. The Labute approximate surface area is 157 Å². The molecule has 0 unspecified atom stereocenters. The van der Waals surface area contributed by atoms with Gasteiger partial charge in [-0.3, -0.25) is 9.59 Å². The van der Waals surface area contributed by atoms with Gasteiger partial charge in [0.1, 0.15) is 11.3 Å². The van der Waals surface area contributed by atoms with Crippen molar-refractivity contribution in [3.63, 3.8) is 0 Å². The van der Waals surface area contributed by atoms with Crippen LogP contribution in [-0.2, 0) is 11.2 Å². The molecule has 0 saturated carbocycles. The van der Waals surface area contributed by atoms with E-state index in [9.17, 15) is 9.59 Å². The maximum absolute atomic E-state index is 13.0. The van der Waals surface area contributed by atoms with Crippen LogP contribution in [0.25, 0.3) is 11.1 Å². The third-order valence-electron chi connectivity index (χ3n) is 4.54. The lowest BCUT2D eigenvalue weighted by Gasteiger charge is -2.13. The molecule has 3 aromatic rings. The van der Waals surface area contributed by atoms with E-state index >= 15 is 0 Å². The molecule has 0 aliphatic rings. The number of aryl methyl sites for hydroxylation is 1. The van der Waals surface area contributed by atoms with E-state index in [1.165, 1.54) is 0 Å². The highest BCUT2D eigenvalue weighted by Gasteiger charge is 2.25. The molecule has 2 N–H and O–H groups in total. The second-order valence-corrected chi connectivity index (χ2v) is 6.44. The molecule has 0 spiro atoms. The highest BCUT2D eigenvalue weighted by Crippen LogP contribution is 2.25. The van der Waals surface area contributed by atoms with E-state index in [0.29, 0.717) is 29.7 Å². The smallest absolute Gasteiger partial charge is 0.264 e. The molecule has 2 aromatic carbocycles. The van der Waals surface area contributed by atoms with Crippen LogP contribution in [0.4, 0.5) is 0 Å². The lowest BCUT2D eigenvalue weighted by Crippen LogP contribution is -2.20. The SMILES string of the molecule is COc1ccc2nc(C(=O)[C@H](CCC(N)=O)CCc3ccccc3)oc2c1. The Morgan fingerprint density at radius 2 is 1.93 bits per heavy atom. The molecular weight excluding hydrogens is 344 g/mol. The third kappa shape index (κ3) is 4.73. The topological polar surface area (TPSA) is 95.4 Å². The van der Waals surface area contributed by atoms with Crippen LogP contribution >= 0.6 is 0 Å². The van der Waals surface area contributed by atoms with Crippen LogP contribution in [0, 0.1) is 5.92 Å². The third-order valence-corrected chi connectivity index (χ3v) is 4.54. The van der Waals surface area contributed by atoms with Crippen molar-refractivity contribution in [1.29, 1.82) is 0 Å². The van der Waals surface area contributed by atoms with Crippen molar-refractivity contribution in [2.24, 2.45) is 11.7 Å². The summed E-state index contributed by atoms with van der Waals surface area (Å²) >= 11 is 0. The average molecular weight is 366 g/mol. The number of nitrogens with zero attached hydrogens (tertiary/aromatic N) is 1. The molecular formula is C21H22N2O4. The van der Waals surface area contributed by atoms with Crippen LogP contribution in [-0.4, -0.2) is 23.8 Å². The van der Waals surface area contributed by atoms with Crippen LogP contribution < -0.4 is 10.5 Å². The summed E-state index contributed by atoms with van der Waals surface area (Å²) in [5.41, 5.74) is 7.50. The molecule has 0 fully saturated rings. The maximum Gasteiger partial charge on any atom is 0.264 e. The van der Waals surface area contributed by atoms with Crippen LogP contribution in [0.3, 0.4) is 0 Å². The maximum atomic E-state index is 13.0. The Hall–Kier alpha value is -3.15. The largest absolute Gasteiger partial charge is 0.497 e. The summed E-state index contributed by atoms with van der Waals surface area (Å²) in [5.74, 6) is -0.322. The molecule has 0 bridgehead atoms. The van der Waals surface area contributed by atoms with Gasteiger partial charge in [0, 0.05) is 18.4 Å². The van der Waals surface area contributed by atoms with Gasteiger partial charge >= 0.3 is 0 Å². The van der Waals surface area contributed by atoms with Crippen LogP contribution in [0.2, 0.25) is 0 Å². The number of primary amides is 1. The summed E-state index contributed by atoms with van der Waals surface area (Å²) in [4.78, 5) is 28.5. The highest BCUT2D eigenvalue weighted by atomic mass is 16.5. The van der Waals surface area contributed by atoms with E-state index in [0.717, 1.165) is 12.0 Å². The van der Waals surface area contributed by atoms with E-state index in [-0.39, 0.29) is 24.0 Å². The fourth-order valence-electron chi connectivity index (χ4n) is 3.02. The zero-order valence-electron chi connectivity index (χ0n) is 15.2. The van der Waals surface area contributed by atoms with Gasteiger partial charge in [-0.2, -0.15) is 0 Å². The van der Waals surface area contributed by atoms with E-state index in [4.69, 9.17) is 14.9 Å². The van der Waals surface area contributed by atoms with Crippen molar-refractivity contribution in [1.82, 2.24) is 4.98 Å². The average Bonchev–Trinajstić information content (AvgIpc) is 3.11. The first-order chi connectivity index (χ1) is 13.1. The Balaban J connectivity index is 1.79. The number of nitrogens with two attached hydrogens (primary N) is 1. The standard InChI is InChI=1S/C21H22N2O4/c1-26-16-10-11-17-18(13-16)27-21(23-17)20(25)15(9-12-19(22)24)8-7-14-5-3-2-4-6-14/h2-6,10-11,13,15H,7-9,12H2,1H3,(H2,22,24)/t15-/m0/s1. The van der Waals surface area contributed by atoms with E-state index in [1.807, 2.05) is 30.3 Å². The predicted molar refractivity (Wildman–Crippen MR) is 102 cm³/mol. The summed E-state index contributed by atoms with van der Waals surface area (Å²) in [6.45, 7) is 0. The number of carbonyl (C=O) groups is 2. The first kappa shape index (κ1) is 18.6. The van der Waals surface area contributed by atoms with Gasteiger partial charge in [-0.1, -0.05) is 30.3 Å². The normalized spacial score (nSPS) is 12.0. The van der Waals surface area contributed by atoms with Gasteiger partial charge in [0.05, 0.1) is 7.11 Å². The minimum absolute atomic E-state index is 0.0563. The van der Waals surface area contributed by atoms with Crippen molar-refractivity contribution in [2.75, 3.05) is 7.11 Å². The van der Waals surface area contributed by atoms with E-state index in [2.05, 4.69) is 4.98 Å². The van der Waals surface area contributed by atoms with Gasteiger partial charge in [0.15, 0.2) is 5.58 Å². The predicted octanol–water partition coefficient (Wildman–Crippen LogP) is 3.53. The molecule has 140 valence electrons. The van der Waals surface area contributed by atoms with E-state index in [1.54, 1.807) is 25.3 Å². The fourth-order valence-corrected chi connectivity index (χ4v) is 3.02. The lowest BCUT2D eigenvalue weighted by atomic mass is 9.91. The van der Waals surface area contributed by atoms with E-state index < -0.39 is 5.91 Å². The molecule has 0 radical (unpaired) electrons. The molecule has 6 nitrogen and oxygen atoms in total. The molecule has 0 aliphatic heterocycles. The second kappa shape index (κ2) is 8.49. The van der Waals surface area contributed by atoms with Gasteiger partial charge in [-0.05, 0) is 37.0 Å². The van der Waals surface area contributed by atoms with Crippen molar-refractivity contribution >= 4 is 22.8 Å². The molecule has 0 saturated heterocycles. The second-order valence-electron chi connectivity index (χ2n) is 6.44. The number of methoxy groups -OCH3 is 1. The quantitative estimate of drug-likeness (QED) is 0.585. The number of fused-ring (bicyclic) bond motifs is 1. The van der Waals surface area contributed by atoms with Crippen LogP contribution in [0.5, 0.6) is 5.75 Å². The minimum Gasteiger partial charge on any atom is -0.497 e. The summed E-state index contributed by atoms with van der Waals surface area (Å²) in [5, 5.41) is 0. The molecule has 0 aliphatic carbocycles. The van der Waals surface area contributed by atoms with Crippen molar-refractivity contribution in [2.45, 2.75) is 25.7 Å². The summed E-state index contributed by atoms with van der Waals surface area (Å²) < 4.78 is 10.8. The van der Waals surface area contributed by atoms with Gasteiger partial charge < -0.3 is 14.9 Å². The number of rotatable bonds is 9. The molecule has 1 heterocycles. The molecule has 1 aromatic heterocycles. The Bertz CT molecular complexity index is 934. The van der Waals surface area contributed by atoms with Gasteiger partial charge in [0.2, 0.25) is 11.7 Å². The Kier molecular flexibility index (Phi) is 5.86. The number of amides is 1. The van der Waals surface area contributed by atoms with Crippen LogP contribution in [0.1, 0.15) is 35.5 Å². The molecule has 6 heteroatoms. The zero-order chi connectivity index (χ0) is 19.2.